The van der Waals surface area contributed by atoms with E-state index in [1.165, 1.54) is 11.1 Å². The van der Waals surface area contributed by atoms with Crippen molar-refractivity contribution in [2.75, 3.05) is 6.61 Å². The summed E-state index contributed by atoms with van der Waals surface area (Å²) < 4.78 is 5.39. The average molecular weight is 255 g/mol. The predicted molar refractivity (Wildman–Crippen MR) is 76.4 cm³/mol. The molecular weight excluding hydrogens is 236 g/mol. The molecule has 2 aromatic rings. The van der Waals surface area contributed by atoms with Gasteiger partial charge in [-0.15, -0.1) is 0 Å². The molecule has 0 fully saturated rings. The third-order valence-corrected chi connectivity index (χ3v) is 3.35. The van der Waals surface area contributed by atoms with Crippen LogP contribution in [0.25, 0.3) is 0 Å². The van der Waals surface area contributed by atoms with Gasteiger partial charge in [0.05, 0.1) is 5.41 Å². The Morgan fingerprint density at radius 1 is 1.00 bits per heavy atom. The van der Waals surface area contributed by atoms with Crippen molar-refractivity contribution >= 4 is 6.02 Å². The number of hydrogen-bond donors (Lipinski definition) is 2. The first-order chi connectivity index (χ1) is 9.13. The van der Waals surface area contributed by atoms with E-state index in [2.05, 4.69) is 31.2 Å². The zero-order valence-corrected chi connectivity index (χ0v) is 11.0. The molecule has 0 aliphatic rings. The highest BCUT2D eigenvalue weighted by molar-refractivity contribution is 5.64. The van der Waals surface area contributed by atoms with E-state index in [9.17, 15) is 0 Å². The molecule has 0 saturated heterocycles. The summed E-state index contributed by atoms with van der Waals surface area (Å²) in [5, 5.41) is 5.43. The monoisotopic (exact) mass is 255 g/mol. The lowest BCUT2D eigenvalue weighted by atomic mass is 9.77. The van der Waals surface area contributed by atoms with E-state index in [1.54, 1.807) is 0 Å². The molecule has 0 saturated carbocycles. The Balaban J connectivity index is 2.41. The number of nitrogens with two attached hydrogens (primary N) is 2. The van der Waals surface area contributed by atoms with Gasteiger partial charge in [0.15, 0.2) is 0 Å². The van der Waals surface area contributed by atoms with Gasteiger partial charge in [-0.2, -0.15) is 0 Å². The van der Waals surface area contributed by atoms with Crippen LogP contribution in [0.15, 0.2) is 60.7 Å². The van der Waals surface area contributed by atoms with E-state index < -0.39 is 0 Å². The molecule has 3 heteroatoms. The number of amidine groups is 1. The van der Waals surface area contributed by atoms with Crippen LogP contribution in [0.3, 0.4) is 0 Å². The van der Waals surface area contributed by atoms with Crippen LogP contribution in [-0.4, -0.2) is 12.6 Å². The first-order valence-corrected chi connectivity index (χ1v) is 6.25. The minimum atomic E-state index is -0.285. The van der Waals surface area contributed by atoms with E-state index in [0.29, 0.717) is 6.61 Å². The summed E-state index contributed by atoms with van der Waals surface area (Å²) >= 11 is 0. The quantitative estimate of drug-likeness (QED) is 0.634. The van der Waals surface area contributed by atoms with Gasteiger partial charge >= 0.3 is 6.02 Å². The zero-order valence-electron chi connectivity index (χ0n) is 11.0. The highest BCUT2D eigenvalue weighted by atomic mass is 16.5. The van der Waals surface area contributed by atoms with E-state index >= 15 is 0 Å². The van der Waals surface area contributed by atoms with Crippen LogP contribution >= 0.6 is 0 Å². The normalized spacial score (nSPS) is 11.0. The molecule has 2 aromatic carbocycles. The van der Waals surface area contributed by atoms with Gasteiger partial charge < -0.3 is 4.74 Å². The maximum atomic E-state index is 5.43. The minimum Gasteiger partial charge on any atom is -0.431 e. The molecule has 19 heavy (non-hydrogen) atoms. The molecule has 0 heterocycles. The van der Waals surface area contributed by atoms with Crippen LogP contribution in [0.5, 0.6) is 0 Å². The molecule has 0 spiro atoms. The summed E-state index contributed by atoms with van der Waals surface area (Å²) in [6, 6.07) is 20.4. The van der Waals surface area contributed by atoms with Crippen molar-refractivity contribution in [1.29, 1.82) is 0 Å². The summed E-state index contributed by atoms with van der Waals surface area (Å²) in [7, 11) is 0. The summed E-state index contributed by atoms with van der Waals surface area (Å²) in [5.74, 6) is 0. The molecule has 0 unspecified atom stereocenters. The van der Waals surface area contributed by atoms with Crippen molar-refractivity contribution in [3.05, 3.63) is 71.8 Å². The van der Waals surface area contributed by atoms with Crippen LogP contribution in [0.1, 0.15) is 18.1 Å². The lowest BCUT2D eigenvalue weighted by Gasteiger charge is -2.29. The maximum absolute atomic E-state index is 5.43. The van der Waals surface area contributed by atoms with Gasteiger partial charge in [-0.05, 0) is 18.1 Å². The fourth-order valence-electron chi connectivity index (χ4n) is 2.17. The number of hydrogen-bond acceptors (Lipinski definition) is 1. The van der Waals surface area contributed by atoms with Crippen LogP contribution in [-0.2, 0) is 10.2 Å². The van der Waals surface area contributed by atoms with Gasteiger partial charge in [-0.25, -0.2) is 0 Å². The lowest BCUT2D eigenvalue weighted by Crippen LogP contribution is -2.49. The lowest BCUT2D eigenvalue weighted by molar-refractivity contribution is -0.143. The molecule has 0 radical (unpaired) electrons. The van der Waals surface area contributed by atoms with Crippen molar-refractivity contribution in [3.63, 3.8) is 0 Å². The molecule has 0 aromatic heterocycles. The molecule has 4 N–H and O–H groups in total. The highest BCUT2D eigenvalue weighted by Crippen LogP contribution is 2.32. The highest BCUT2D eigenvalue weighted by Gasteiger charge is 2.30. The van der Waals surface area contributed by atoms with Gasteiger partial charge in [0.25, 0.3) is 0 Å². The number of rotatable bonds is 4. The fraction of sp³-hybridized carbons (Fsp3) is 0.188. The van der Waals surface area contributed by atoms with Gasteiger partial charge in [0.1, 0.15) is 6.61 Å². The third kappa shape index (κ3) is 2.94. The Morgan fingerprint density at radius 3 is 1.79 bits per heavy atom. The molecule has 0 aliphatic heterocycles. The van der Waals surface area contributed by atoms with Crippen molar-refractivity contribution in [2.24, 2.45) is 5.73 Å². The third-order valence-electron chi connectivity index (χ3n) is 3.35. The van der Waals surface area contributed by atoms with Crippen molar-refractivity contribution in [1.82, 2.24) is 0 Å². The Kier molecular flexibility index (Phi) is 3.85. The summed E-state index contributed by atoms with van der Waals surface area (Å²) in [6.45, 7) is 2.53. The smallest absolute Gasteiger partial charge is 0.431 e. The molecule has 3 nitrogen and oxygen atoms in total. The molecule has 98 valence electrons. The second-order valence-electron chi connectivity index (χ2n) is 4.76. The summed E-state index contributed by atoms with van der Waals surface area (Å²) in [6.07, 6.45) is 0. The molecular formula is C16H19N2O+. The van der Waals surface area contributed by atoms with E-state index in [-0.39, 0.29) is 11.4 Å². The van der Waals surface area contributed by atoms with Crippen LogP contribution in [0.2, 0.25) is 0 Å². The largest absolute Gasteiger partial charge is 0.437 e. The fourth-order valence-corrected chi connectivity index (χ4v) is 2.17. The van der Waals surface area contributed by atoms with Gasteiger partial charge in [0.2, 0.25) is 0 Å². The van der Waals surface area contributed by atoms with E-state index in [4.69, 9.17) is 15.9 Å². The molecule has 0 atom stereocenters. The maximum Gasteiger partial charge on any atom is 0.437 e. The molecule has 2 rings (SSSR count). The topological polar surface area (TPSA) is 60.8 Å². The molecule has 0 aliphatic carbocycles. The second kappa shape index (κ2) is 5.57. The van der Waals surface area contributed by atoms with E-state index in [1.807, 2.05) is 36.4 Å². The van der Waals surface area contributed by atoms with Gasteiger partial charge in [-0.3, -0.25) is 11.1 Å². The first kappa shape index (κ1) is 13.1. The second-order valence-corrected chi connectivity index (χ2v) is 4.76. The van der Waals surface area contributed by atoms with Crippen molar-refractivity contribution in [2.45, 2.75) is 12.3 Å². The number of benzene rings is 2. The van der Waals surface area contributed by atoms with Crippen molar-refractivity contribution < 1.29 is 10.1 Å². The molecule has 0 bridgehead atoms. The Morgan fingerprint density at radius 2 is 1.42 bits per heavy atom. The summed E-state index contributed by atoms with van der Waals surface area (Å²) in [5.41, 5.74) is 7.48. The SMILES string of the molecule is CC(COC(N)=[NH2+])(c1ccccc1)c1ccccc1. The standard InChI is InChI=1S/C16H18N2O/c1-16(12-19-15(17)18,13-8-4-2-5-9-13)14-10-6-3-7-11-14/h2-11H,12H2,1H3,(H3,17,18)/p+1. The summed E-state index contributed by atoms with van der Waals surface area (Å²) in [4.78, 5) is 0. The van der Waals surface area contributed by atoms with Crippen LogP contribution in [0.4, 0.5) is 0 Å². The first-order valence-electron chi connectivity index (χ1n) is 6.25. The zero-order chi connectivity index (χ0) is 13.7. The van der Waals surface area contributed by atoms with Gasteiger partial charge in [0, 0.05) is 0 Å². The predicted octanol–water partition coefficient (Wildman–Crippen LogP) is 1.08. The van der Waals surface area contributed by atoms with Crippen molar-refractivity contribution in [3.8, 4) is 0 Å². The van der Waals surface area contributed by atoms with Crippen LogP contribution < -0.4 is 11.1 Å². The van der Waals surface area contributed by atoms with E-state index in [0.717, 1.165) is 0 Å². The Hall–Kier alpha value is -2.29. The van der Waals surface area contributed by atoms with Crippen LogP contribution in [0, 0.1) is 0 Å². The Bertz CT molecular complexity index is 498. The Labute approximate surface area is 113 Å². The molecule has 0 amide bonds. The average Bonchev–Trinajstić information content (AvgIpc) is 2.46. The number of ether oxygens (including phenoxy) is 1. The minimum absolute atomic E-state index is 0.00177. The van der Waals surface area contributed by atoms with Gasteiger partial charge in [-0.1, -0.05) is 60.7 Å².